The van der Waals surface area contributed by atoms with Crippen LogP contribution in [0.2, 0.25) is 0 Å². The van der Waals surface area contributed by atoms with Gasteiger partial charge >= 0.3 is 0 Å². The Kier molecular flexibility index (Phi) is 5.39. The fourth-order valence-electron chi connectivity index (χ4n) is 2.66. The molecule has 0 N–H and O–H groups in total. The standard InChI is InChI=1S/C15H23ClN4O/c1-5-10(2)8-11(3)20-12(6-7-16)19-13-14(20)17-9-18-15(13)21-4/h9-11H,5-8H2,1-4H3. The summed E-state index contributed by atoms with van der Waals surface area (Å²) in [6.45, 7) is 6.69. The minimum atomic E-state index is 0.322. The number of fused-ring (bicyclic) bond motifs is 1. The Morgan fingerprint density at radius 1 is 1.33 bits per heavy atom. The third kappa shape index (κ3) is 3.28. The largest absolute Gasteiger partial charge is 0.479 e. The van der Waals surface area contributed by atoms with E-state index in [-0.39, 0.29) is 0 Å². The van der Waals surface area contributed by atoms with Crippen LogP contribution in [0.4, 0.5) is 0 Å². The predicted octanol–water partition coefficient (Wildman–Crippen LogP) is 3.61. The Bertz CT molecular complexity index is 599. The molecular formula is C15H23ClN4O. The maximum Gasteiger partial charge on any atom is 0.245 e. The smallest absolute Gasteiger partial charge is 0.245 e. The first-order valence-corrected chi connectivity index (χ1v) is 7.97. The molecule has 21 heavy (non-hydrogen) atoms. The highest BCUT2D eigenvalue weighted by Gasteiger charge is 2.20. The molecule has 0 bridgehead atoms. The predicted molar refractivity (Wildman–Crippen MR) is 85.1 cm³/mol. The first-order chi connectivity index (χ1) is 10.1. The van der Waals surface area contributed by atoms with Crippen LogP contribution < -0.4 is 4.74 Å². The average Bonchev–Trinajstić information content (AvgIpc) is 2.85. The number of rotatable bonds is 7. The molecule has 0 fully saturated rings. The number of imidazole rings is 1. The second kappa shape index (κ2) is 7.07. The lowest BCUT2D eigenvalue weighted by atomic mass is 10.00. The molecule has 2 aromatic rings. The summed E-state index contributed by atoms with van der Waals surface area (Å²) in [5.74, 6) is 2.67. The molecule has 2 rings (SSSR count). The summed E-state index contributed by atoms with van der Waals surface area (Å²) < 4.78 is 7.48. The van der Waals surface area contributed by atoms with E-state index in [4.69, 9.17) is 16.3 Å². The van der Waals surface area contributed by atoms with E-state index >= 15 is 0 Å². The number of hydrogen-bond acceptors (Lipinski definition) is 4. The first-order valence-electron chi connectivity index (χ1n) is 7.44. The van der Waals surface area contributed by atoms with Crippen molar-refractivity contribution in [1.29, 1.82) is 0 Å². The topological polar surface area (TPSA) is 52.8 Å². The van der Waals surface area contributed by atoms with Crippen molar-refractivity contribution >= 4 is 22.8 Å². The van der Waals surface area contributed by atoms with Gasteiger partial charge in [-0.25, -0.2) is 9.97 Å². The second-order valence-electron chi connectivity index (χ2n) is 5.49. The highest BCUT2D eigenvalue weighted by atomic mass is 35.5. The van der Waals surface area contributed by atoms with Gasteiger partial charge in [-0.1, -0.05) is 20.3 Å². The lowest BCUT2D eigenvalue weighted by molar-refractivity contribution is 0.395. The lowest BCUT2D eigenvalue weighted by Gasteiger charge is -2.20. The Morgan fingerprint density at radius 2 is 2.10 bits per heavy atom. The van der Waals surface area contributed by atoms with Gasteiger partial charge in [0.2, 0.25) is 5.88 Å². The molecule has 0 aromatic carbocycles. The molecule has 2 atom stereocenters. The zero-order chi connectivity index (χ0) is 15.4. The van der Waals surface area contributed by atoms with Gasteiger partial charge < -0.3 is 9.30 Å². The molecular weight excluding hydrogens is 288 g/mol. The molecule has 2 aromatic heterocycles. The van der Waals surface area contributed by atoms with Gasteiger partial charge in [0.05, 0.1) is 7.11 Å². The quantitative estimate of drug-likeness (QED) is 0.733. The van der Waals surface area contributed by atoms with E-state index in [0.29, 0.717) is 30.1 Å². The molecule has 0 aliphatic rings. The molecule has 6 heteroatoms. The summed E-state index contributed by atoms with van der Waals surface area (Å²) in [7, 11) is 1.60. The number of methoxy groups -OCH3 is 1. The van der Waals surface area contributed by atoms with Crippen LogP contribution in [-0.2, 0) is 6.42 Å². The third-order valence-electron chi connectivity index (χ3n) is 3.91. The van der Waals surface area contributed by atoms with E-state index in [1.165, 1.54) is 12.7 Å². The van der Waals surface area contributed by atoms with Gasteiger partial charge in [-0.05, 0) is 19.3 Å². The average molecular weight is 311 g/mol. The van der Waals surface area contributed by atoms with Gasteiger partial charge in [0, 0.05) is 18.3 Å². The van der Waals surface area contributed by atoms with Crippen LogP contribution in [0.1, 0.15) is 45.5 Å². The summed E-state index contributed by atoms with van der Waals surface area (Å²) >= 11 is 5.93. The summed E-state index contributed by atoms with van der Waals surface area (Å²) in [4.78, 5) is 13.2. The molecule has 0 aliphatic carbocycles. The Labute approximate surface area is 130 Å². The molecule has 5 nitrogen and oxygen atoms in total. The van der Waals surface area contributed by atoms with E-state index in [1.807, 2.05) is 0 Å². The molecule has 2 unspecified atom stereocenters. The fraction of sp³-hybridized carbons (Fsp3) is 0.667. The normalized spacial score (nSPS) is 14.3. The molecule has 0 amide bonds. The molecule has 0 aliphatic heterocycles. The number of aromatic nitrogens is 4. The summed E-state index contributed by atoms with van der Waals surface area (Å²) in [5, 5.41) is 0. The van der Waals surface area contributed by atoms with Crippen LogP contribution in [0.25, 0.3) is 11.2 Å². The van der Waals surface area contributed by atoms with E-state index in [9.17, 15) is 0 Å². The maximum atomic E-state index is 5.93. The number of halogens is 1. The molecule has 0 spiro atoms. The SMILES string of the molecule is CCC(C)CC(C)n1c(CCCl)nc2c(OC)ncnc21. The van der Waals surface area contributed by atoms with Crippen LogP contribution in [0.5, 0.6) is 5.88 Å². The van der Waals surface area contributed by atoms with Gasteiger partial charge in [0.15, 0.2) is 11.2 Å². The van der Waals surface area contributed by atoms with Gasteiger partial charge in [-0.15, -0.1) is 11.6 Å². The Balaban J connectivity index is 2.50. The van der Waals surface area contributed by atoms with Gasteiger partial charge in [0.25, 0.3) is 0 Å². The Hall–Kier alpha value is -1.36. The zero-order valence-corrected chi connectivity index (χ0v) is 13.9. The van der Waals surface area contributed by atoms with Crippen molar-refractivity contribution in [2.75, 3.05) is 13.0 Å². The van der Waals surface area contributed by atoms with Gasteiger partial charge in [-0.3, -0.25) is 0 Å². The van der Waals surface area contributed by atoms with E-state index < -0.39 is 0 Å². The zero-order valence-electron chi connectivity index (χ0n) is 13.1. The summed E-state index contributed by atoms with van der Waals surface area (Å²) in [5.41, 5.74) is 1.55. The van der Waals surface area contributed by atoms with Gasteiger partial charge in [-0.2, -0.15) is 4.98 Å². The van der Waals surface area contributed by atoms with E-state index in [0.717, 1.165) is 23.4 Å². The maximum absolute atomic E-state index is 5.93. The highest BCUT2D eigenvalue weighted by molar-refractivity contribution is 6.17. The summed E-state index contributed by atoms with van der Waals surface area (Å²) in [6, 6.07) is 0.322. The van der Waals surface area contributed by atoms with Crippen LogP contribution in [0.15, 0.2) is 6.33 Å². The van der Waals surface area contributed by atoms with E-state index in [1.54, 1.807) is 7.11 Å². The van der Waals surface area contributed by atoms with Crippen molar-refractivity contribution in [2.24, 2.45) is 5.92 Å². The van der Waals surface area contributed by atoms with Crippen LogP contribution in [-0.4, -0.2) is 32.5 Å². The number of ether oxygens (including phenoxy) is 1. The van der Waals surface area contributed by atoms with Crippen molar-refractivity contribution in [3.8, 4) is 5.88 Å². The molecule has 0 saturated heterocycles. The minimum Gasteiger partial charge on any atom is -0.479 e. The monoisotopic (exact) mass is 310 g/mol. The molecule has 2 heterocycles. The van der Waals surface area contributed by atoms with Crippen molar-refractivity contribution < 1.29 is 4.74 Å². The molecule has 0 radical (unpaired) electrons. The second-order valence-corrected chi connectivity index (χ2v) is 5.87. The number of nitrogens with zero attached hydrogens (tertiary/aromatic N) is 4. The van der Waals surface area contributed by atoms with Gasteiger partial charge in [0.1, 0.15) is 12.2 Å². The Morgan fingerprint density at radius 3 is 2.71 bits per heavy atom. The minimum absolute atomic E-state index is 0.322. The summed E-state index contributed by atoms with van der Waals surface area (Å²) in [6.07, 6.45) is 4.50. The number of alkyl halides is 1. The van der Waals surface area contributed by atoms with Crippen molar-refractivity contribution in [3.05, 3.63) is 12.2 Å². The fourth-order valence-corrected chi connectivity index (χ4v) is 2.83. The van der Waals surface area contributed by atoms with Crippen LogP contribution in [0.3, 0.4) is 0 Å². The molecule has 0 saturated carbocycles. The van der Waals surface area contributed by atoms with Crippen molar-refractivity contribution in [2.45, 2.75) is 46.1 Å². The number of hydrogen-bond donors (Lipinski definition) is 0. The number of aryl methyl sites for hydroxylation is 1. The van der Waals surface area contributed by atoms with Crippen molar-refractivity contribution in [1.82, 2.24) is 19.5 Å². The lowest BCUT2D eigenvalue weighted by Crippen LogP contribution is -2.13. The highest BCUT2D eigenvalue weighted by Crippen LogP contribution is 2.28. The first kappa shape index (κ1) is 16.0. The van der Waals surface area contributed by atoms with Crippen molar-refractivity contribution in [3.63, 3.8) is 0 Å². The van der Waals surface area contributed by atoms with Crippen LogP contribution in [0, 0.1) is 5.92 Å². The molecule has 116 valence electrons. The van der Waals surface area contributed by atoms with E-state index in [2.05, 4.69) is 40.3 Å². The van der Waals surface area contributed by atoms with Crippen LogP contribution >= 0.6 is 11.6 Å². The third-order valence-corrected chi connectivity index (χ3v) is 4.10.